The summed E-state index contributed by atoms with van der Waals surface area (Å²) in [4.78, 5) is 12.0. The summed E-state index contributed by atoms with van der Waals surface area (Å²) in [5, 5.41) is 10.1. The SMILES string of the molecule is COc1c(O)ccc2c(=O)cc(C(C)(C)C)oc12. The van der Waals surface area contributed by atoms with Gasteiger partial charge in [0.2, 0.25) is 5.75 Å². The third-order valence-electron chi connectivity index (χ3n) is 2.77. The molecule has 4 nitrogen and oxygen atoms in total. The van der Waals surface area contributed by atoms with E-state index in [0.29, 0.717) is 11.1 Å². The molecule has 1 heterocycles. The Hall–Kier alpha value is -1.97. The highest BCUT2D eigenvalue weighted by atomic mass is 16.5. The Morgan fingerprint density at radius 3 is 2.50 bits per heavy atom. The summed E-state index contributed by atoms with van der Waals surface area (Å²) in [7, 11) is 1.43. The molecule has 0 bridgehead atoms. The standard InChI is InChI=1S/C14H16O4/c1-14(2,3)11-7-10(16)8-5-6-9(15)13(17-4)12(8)18-11/h5-7,15H,1-4H3. The van der Waals surface area contributed by atoms with Crippen molar-refractivity contribution < 1.29 is 14.3 Å². The fourth-order valence-electron chi connectivity index (χ4n) is 1.75. The second-order valence-electron chi connectivity index (χ2n) is 5.22. The van der Waals surface area contributed by atoms with E-state index >= 15 is 0 Å². The van der Waals surface area contributed by atoms with E-state index in [1.807, 2.05) is 20.8 Å². The van der Waals surface area contributed by atoms with Crippen LogP contribution in [0.15, 0.2) is 27.4 Å². The Morgan fingerprint density at radius 1 is 1.28 bits per heavy atom. The third kappa shape index (κ3) is 1.94. The van der Waals surface area contributed by atoms with E-state index < -0.39 is 0 Å². The predicted molar refractivity (Wildman–Crippen MR) is 69.4 cm³/mol. The zero-order valence-corrected chi connectivity index (χ0v) is 10.9. The number of fused-ring (bicyclic) bond motifs is 1. The summed E-state index contributed by atoms with van der Waals surface area (Å²) in [5.74, 6) is 0.707. The Labute approximate surface area is 105 Å². The van der Waals surface area contributed by atoms with Crippen LogP contribution >= 0.6 is 0 Å². The van der Waals surface area contributed by atoms with Gasteiger partial charge in [0.05, 0.1) is 12.5 Å². The molecule has 0 aliphatic rings. The van der Waals surface area contributed by atoms with Crippen LogP contribution in [-0.2, 0) is 5.41 Å². The Morgan fingerprint density at radius 2 is 1.94 bits per heavy atom. The molecule has 0 atom stereocenters. The van der Waals surface area contributed by atoms with Gasteiger partial charge in [0, 0.05) is 11.5 Å². The molecule has 0 radical (unpaired) electrons. The van der Waals surface area contributed by atoms with E-state index in [4.69, 9.17) is 9.15 Å². The van der Waals surface area contributed by atoms with Gasteiger partial charge in [0.15, 0.2) is 16.8 Å². The van der Waals surface area contributed by atoms with Crippen LogP contribution in [0, 0.1) is 0 Å². The van der Waals surface area contributed by atoms with Crippen molar-refractivity contribution in [3.05, 3.63) is 34.2 Å². The van der Waals surface area contributed by atoms with Crippen LogP contribution in [0.4, 0.5) is 0 Å². The molecule has 2 rings (SSSR count). The normalized spacial score (nSPS) is 11.8. The topological polar surface area (TPSA) is 59.7 Å². The number of phenolic OH excluding ortho intramolecular Hbond substituents is 1. The lowest BCUT2D eigenvalue weighted by atomic mass is 9.92. The van der Waals surface area contributed by atoms with Crippen LogP contribution in [0.25, 0.3) is 11.0 Å². The molecule has 0 aliphatic carbocycles. The molecule has 0 unspecified atom stereocenters. The lowest BCUT2D eigenvalue weighted by molar-refractivity contribution is 0.361. The van der Waals surface area contributed by atoms with Gasteiger partial charge < -0.3 is 14.3 Å². The summed E-state index contributed by atoms with van der Waals surface area (Å²) in [5.41, 5.74) is -0.140. The van der Waals surface area contributed by atoms with Gasteiger partial charge in [-0.1, -0.05) is 20.8 Å². The molecule has 1 aromatic heterocycles. The molecule has 0 saturated carbocycles. The predicted octanol–water partition coefficient (Wildman–Crippen LogP) is 2.80. The van der Waals surface area contributed by atoms with E-state index in [1.54, 1.807) is 0 Å². The summed E-state index contributed by atoms with van der Waals surface area (Å²) in [6.45, 7) is 5.85. The van der Waals surface area contributed by atoms with Gasteiger partial charge >= 0.3 is 0 Å². The van der Waals surface area contributed by atoms with Gasteiger partial charge in [-0.2, -0.15) is 0 Å². The average molecular weight is 248 g/mol. The fourth-order valence-corrected chi connectivity index (χ4v) is 1.75. The van der Waals surface area contributed by atoms with Crippen LogP contribution in [0.1, 0.15) is 26.5 Å². The average Bonchev–Trinajstić information content (AvgIpc) is 2.27. The molecule has 1 aromatic carbocycles. The minimum absolute atomic E-state index is 0.0424. The maximum atomic E-state index is 12.0. The molecule has 0 saturated heterocycles. The van der Waals surface area contributed by atoms with Crippen molar-refractivity contribution in [3.63, 3.8) is 0 Å². The van der Waals surface area contributed by atoms with Crippen molar-refractivity contribution in [1.82, 2.24) is 0 Å². The largest absolute Gasteiger partial charge is 0.504 e. The van der Waals surface area contributed by atoms with Crippen molar-refractivity contribution in [2.24, 2.45) is 0 Å². The Balaban J connectivity index is 2.89. The second kappa shape index (κ2) is 4.05. The molecule has 0 amide bonds. The van der Waals surface area contributed by atoms with Crippen LogP contribution in [0.2, 0.25) is 0 Å². The zero-order valence-electron chi connectivity index (χ0n) is 10.9. The molecule has 1 N–H and O–H groups in total. The van der Waals surface area contributed by atoms with Crippen LogP contribution in [-0.4, -0.2) is 12.2 Å². The first kappa shape index (κ1) is 12.5. The van der Waals surface area contributed by atoms with Crippen molar-refractivity contribution in [2.45, 2.75) is 26.2 Å². The molecule has 96 valence electrons. The van der Waals surface area contributed by atoms with E-state index in [0.717, 1.165) is 0 Å². The van der Waals surface area contributed by atoms with Crippen molar-refractivity contribution >= 4 is 11.0 Å². The number of benzene rings is 1. The lowest BCUT2D eigenvalue weighted by Gasteiger charge is -2.17. The first-order valence-corrected chi connectivity index (χ1v) is 5.69. The zero-order chi connectivity index (χ0) is 13.5. The molecular formula is C14H16O4. The van der Waals surface area contributed by atoms with Gasteiger partial charge in [-0.05, 0) is 12.1 Å². The van der Waals surface area contributed by atoms with Crippen molar-refractivity contribution in [1.29, 1.82) is 0 Å². The number of phenols is 1. The van der Waals surface area contributed by atoms with E-state index in [9.17, 15) is 9.90 Å². The number of methoxy groups -OCH3 is 1. The van der Waals surface area contributed by atoms with Gasteiger partial charge in [-0.3, -0.25) is 4.79 Å². The number of hydrogen-bond acceptors (Lipinski definition) is 4. The smallest absolute Gasteiger partial charge is 0.204 e. The van der Waals surface area contributed by atoms with Gasteiger partial charge in [0.1, 0.15) is 5.76 Å². The van der Waals surface area contributed by atoms with Crippen LogP contribution in [0.3, 0.4) is 0 Å². The summed E-state index contributed by atoms with van der Waals surface area (Å²) >= 11 is 0. The third-order valence-corrected chi connectivity index (χ3v) is 2.77. The van der Waals surface area contributed by atoms with Gasteiger partial charge in [-0.15, -0.1) is 0 Å². The summed E-state index contributed by atoms with van der Waals surface area (Å²) in [6, 6.07) is 4.44. The second-order valence-corrected chi connectivity index (χ2v) is 5.22. The van der Waals surface area contributed by atoms with Crippen LogP contribution in [0.5, 0.6) is 11.5 Å². The lowest BCUT2D eigenvalue weighted by Crippen LogP contribution is -2.15. The number of hydrogen-bond donors (Lipinski definition) is 1. The maximum absolute atomic E-state index is 12.0. The molecule has 4 heteroatoms. The Kier molecular flexibility index (Phi) is 2.81. The first-order chi connectivity index (χ1) is 8.34. The summed E-state index contributed by atoms with van der Waals surface area (Å²) in [6.07, 6.45) is 0. The van der Waals surface area contributed by atoms with E-state index in [1.165, 1.54) is 25.3 Å². The highest BCUT2D eigenvalue weighted by Crippen LogP contribution is 2.35. The van der Waals surface area contributed by atoms with Gasteiger partial charge in [-0.25, -0.2) is 0 Å². The monoisotopic (exact) mass is 248 g/mol. The van der Waals surface area contributed by atoms with Crippen LogP contribution < -0.4 is 10.2 Å². The maximum Gasteiger partial charge on any atom is 0.204 e. The van der Waals surface area contributed by atoms with Crippen molar-refractivity contribution in [3.8, 4) is 11.5 Å². The minimum Gasteiger partial charge on any atom is -0.504 e. The highest BCUT2D eigenvalue weighted by Gasteiger charge is 2.21. The minimum atomic E-state index is -0.288. The quantitative estimate of drug-likeness (QED) is 0.843. The highest BCUT2D eigenvalue weighted by molar-refractivity contribution is 5.85. The number of aromatic hydroxyl groups is 1. The Bertz CT molecular complexity index is 647. The number of ether oxygens (including phenoxy) is 1. The fraction of sp³-hybridized carbons (Fsp3) is 0.357. The summed E-state index contributed by atoms with van der Waals surface area (Å²) < 4.78 is 10.8. The molecule has 0 aliphatic heterocycles. The molecule has 0 spiro atoms. The molecule has 18 heavy (non-hydrogen) atoms. The number of rotatable bonds is 1. The molecular weight excluding hydrogens is 232 g/mol. The van der Waals surface area contributed by atoms with E-state index in [2.05, 4.69) is 0 Å². The first-order valence-electron chi connectivity index (χ1n) is 5.69. The molecule has 2 aromatic rings. The van der Waals surface area contributed by atoms with Gasteiger partial charge in [0.25, 0.3) is 0 Å². The van der Waals surface area contributed by atoms with Crippen molar-refractivity contribution in [2.75, 3.05) is 7.11 Å². The van der Waals surface area contributed by atoms with E-state index in [-0.39, 0.29) is 27.9 Å². The molecule has 0 fully saturated rings.